The van der Waals surface area contributed by atoms with E-state index in [4.69, 9.17) is 9.47 Å². The minimum Gasteiger partial charge on any atom is -0.490 e. The summed E-state index contributed by atoms with van der Waals surface area (Å²) in [5, 5.41) is 2.79. The highest BCUT2D eigenvalue weighted by Crippen LogP contribution is 2.36. The summed E-state index contributed by atoms with van der Waals surface area (Å²) < 4.78 is 39.1. The van der Waals surface area contributed by atoms with E-state index in [1.165, 1.54) is 4.31 Å². The van der Waals surface area contributed by atoms with Crippen LogP contribution >= 0.6 is 0 Å². The maximum Gasteiger partial charge on any atom is 0.267 e. The van der Waals surface area contributed by atoms with E-state index in [2.05, 4.69) is 11.9 Å². The Hall–Kier alpha value is -3.78. The predicted molar refractivity (Wildman–Crippen MR) is 128 cm³/mol. The monoisotopic (exact) mass is 464 g/mol. The van der Waals surface area contributed by atoms with Crippen molar-refractivity contribution in [2.75, 3.05) is 22.8 Å². The van der Waals surface area contributed by atoms with Crippen LogP contribution < -0.4 is 19.1 Å². The standard InChI is InChI=1S/C25H24N2O5S/c1-2-16-31-21-14-12-20(13-15-21)26-25(28)24-17-27(22-10-6-7-11-23(22)32-24)33(29,30)18-19-8-4-3-5-9-19/h2-15,24H,1,16-18H2,(H,26,28). The first-order valence-electron chi connectivity index (χ1n) is 10.4. The molecule has 1 atom stereocenters. The fourth-order valence-electron chi connectivity index (χ4n) is 3.48. The normalized spacial score (nSPS) is 15.2. The highest BCUT2D eigenvalue weighted by atomic mass is 32.2. The Balaban J connectivity index is 1.53. The summed E-state index contributed by atoms with van der Waals surface area (Å²) in [6.07, 6.45) is 0.632. The summed E-state index contributed by atoms with van der Waals surface area (Å²) in [5.74, 6) is 0.370. The van der Waals surface area contributed by atoms with Gasteiger partial charge in [-0.1, -0.05) is 55.1 Å². The van der Waals surface area contributed by atoms with E-state index >= 15 is 0 Å². The maximum atomic E-state index is 13.3. The van der Waals surface area contributed by atoms with Gasteiger partial charge in [0, 0.05) is 5.69 Å². The fraction of sp³-hybridized carbons (Fsp3) is 0.160. The molecule has 0 aromatic heterocycles. The number of para-hydroxylation sites is 2. The molecule has 1 aliphatic heterocycles. The van der Waals surface area contributed by atoms with Crippen molar-refractivity contribution in [1.29, 1.82) is 0 Å². The quantitative estimate of drug-likeness (QED) is 0.510. The molecule has 1 amide bonds. The summed E-state index contributed by atoms with van der Waals surface area (Å²) in [7, 11) is -3.75. The van der Waals surface area contributed by atoms with Gasteiger partial charge in [0.1, 0.15) is 18.1 Å². The van der Waals surface area contributed by atoms with Gasteiger partial charge in [-0.2, -0.15) is 0 Å². The number of rotatable bonds is 8. The third kappa shape index (κ3) is 5.35. The molecule has 1 unspecified atom stereocenters. The summed E-state index contributed by atoms with van der Waals surface area (Å²) in [5.41, 5.74) is 1.63. The molecule has 1 heterocycles. The molecular weight excluding hydrogens is 440 g/mol. The first-order chi connectivity index (χ1) is 16.0. The molecule has 8 heteroatoms. The zero-order valence-electron chi connectivity index (χ0n) is 17.9. The molecule has 0 radical (unpaired) electrons. The molecule has 33 heavy (non-hydrogen) atoms. The van der Waals surface area contributed by atoms with Gasteiger partial charge in [0.05, 0.1) is 18.0 Å². The van der Waals surface area contributed by atoms with Crippen LogP contribution in [0.5, 0.6) is 11.5 Å². The number of anilines is 2. The molecule has 0 fully saturated rings. The summed E-state index contributed by atoms with van der Waals surface area (Å²) in [6.45, 7) is 3.86. The number of carbonyl (C=O) groups is 1. The molecule has 1 aliphatic rings. The van der Waals surface area contributed by atoms with Gasteiger partial charge < -0.3 is 14.8 Å². The Morgan fingerprint density at radius 2 is 1.76 bits per heavy atom. The van der Waals surface area contributed by atoms with E-state index in [1.807, 2.05) is 6.07 Å². The summed E-state index contributed by atoms with van der Waals surface area (Å²) in [6, 6.07) is 22.6. The molecule has 1 N–H and O–H groups in total. The molecule has 3 aromatic rings. The first-order valence-corrected chi connectivity index (χ1v) is 12.0. The Kier molecular flexibility index (Phi) is 6.65. The zero-order valence-corrected chi connectivity index (χ0v) is 18.7. The van der Waals surface area contributed by atoms with Gasteiger partial charge in [-0.05, 0) is 42.0 Å². The van der Waals surface area contributed by atoms with Crippen LogP contribution in [0.2, 0.25) is 0 Å². The second-order valence-corrected chi connectivity index (χ2v) is 9.35. The van der Waals surface area contributed by atoms with Crippen molar-refractivity contribution in [2.24, 2.45) is 0 Å². The van der Waals surface area contributed by atoms with Gasteiger partial charge in [-0.15, -0.1) is 0 Å². The van der Waals surface area contributed by atoms with E-state index in [0.29, 0.717) is 35.0 Å². The molecule has 0 bridgehead atoms. The predicted octanol–water partition coefficient (Wildman–Crippen LogP) is 3.99. The first kappa shape index (κ1) is 22.4. The van der Waals surface area contributed by atoms with Gasteiger partial charge >= 0.3 is 0 Å². The van der Waals surface area contributed by atoms with Crippen LogP contribution in [0.25, 0.3) is 0 Å². The van der Waals surface area contributed by atoms with E-state index in [-0.39, 0.29) is 12.3 Å². The Labute approximate surface area is 193 Å². The number of ether oxygens (including phenoxy) is 2. The Morgan fingerprint density at radius 3 is 2.48 bits per heavy atom. The number of nitrogens with one attached hydrogen (secondary N) is 1. The van der Waals surface area contributed by atoms with Crippen LogP contribution in [0.15, 0.2) is 91.5 Å². The third-order valence-corrected chi connectivity index (χ3v) is 6.76. The second kappa shape index (κ2) is 9.79. The largest absolute Gasteiger partial charge is 0.490 e. The lowest BCUT2D eigenvalue weighted by atomic mass is 10.2. The van der Waals surface area contributed by atoms with Gasteiger partial charge in [0.15, 0.2) is 6.10 Å². The topological polar surface area (TPSA) is 84.9 Å². The van der Waals surface area contributed by atoms with E-state index < -0.39 is 22.0 Å². The fourth-order valence-corrected chi connectivity index (χ4v) is 5.06. The second-order valence-electron chi connectivity index (χ2n) is 7.46. The van der Waals surface area contributed by atoms with Crippen molar-refractivity contribution < 1.29 is 22.7 Å². The summed E-state index contributed by atoms with van der Waals surface area (Å²) >= 11 is 0. The molecule has 0 aliphatic carbocycles. The van der Waals surface area contributed by atoms with Crippen LogP contribution in [-0.2, 0) is 20.6 Å². The number of sulfonamides is 1. The lowest BCUT2D eigenvalue weighted by Crippen LogP contribution is -2.49. The molecule has 0 saturated heterocycles. The van der Waals surface area contributed by atoms with Crippen molar-refractivity contribution in [3.8, 4) is 11.5 Å². The van der Waals surface area contributed by atoms with Crippen molar-refractivity contribution in [1.82, 2.24) is 0 Å². The highest BCUT2D eigenvalue weighted by Gasteiger charge is 2.36. The molecule has 4 rings (SSSR count). The van der Waals surface area contributed by atoms with Crippen LogP contribution in [-0.4, -0.2) is 33.6 Å². The molecule has 0 spiro atoms. The molecular formula is C25H24N2O5S. The number of hydrogen-bond acceptors (Lipinski definition) is 5. The highest BCUT2D eigenvalue weighted by molar-refractivity contribution is 7.92. The van der Waals surface area contributed by atoms with Crippen molar-refractivity contribution in [2.45, 2.75) is 11.9 Å². The zero-order chi connectivity index (χ0) is 23.3. The average Bonchev–Trinajstić information content (AvgIpc) is 2.83. The van der Waals surface area contributed by atoms with E-state index in [9.17, 15) is 13.2 Å². The van der Waals surface area contributed by atoms with Crippen molar-refractivity contribution in [3.05, 3.63) is 97.1 Å². The Bertz CT molecular complexity index is 1230. The average molecular weight is 465 g/mol. The molecule has 7 nitrogen and oxygen atoms in total. The SMILES string of the molecule is C=CCOc1ccc(NC(=O)C2CN(S(=O)(=O)Cc3ccccc3)c3ccccc3O2)cc1. The number of hydrogen-bond donors (Lipinski definition) is 1. The smallest absolute Gasteiger partial charge is 0.267 e. The van der Waals surface area contributed by atoms with Gasteiger partial charge in [-0.25, -0.2) is 8.42 Å². The third-order valence-electron chi connectivity index (χ3n) is 5.04. The lowest BCUT2D eigenvalue weighted by Gasteiger charge is -2.34. The molecule has 3 aromatic carbocycles. The number of benzene rings is 3. The number of amides is 1. The van der Waals surface area contributed by atoms with E-state index in [0.717, 1.165) is 0 Å². The minimum atomic E-state index is -3.75. The van der Waals surface area contributed by atoms with Crippen molar-refractivity contribution in [3.63, 3.8) is 0 Å². The maximum absolute atomic E-state index is 13.3. The molecule has 170 valence electrons. The van der Waals surface area contributed by atoms with Crippen molar-refractivity contribution >= 4 is 27.3 Å². The number of carbonyl (C=O) groups excluding carboxylic acids is 1. The van der Waals surface area contributed by atoms with Crippen LogP contribution in [0, 0.1) is 0 Å². The molecule has 0 saturated carbocycles. The van der Waals surface area contributed by atoms with Crippen LogP contribution in [0.4, 0.5) is 11.4 Å². The van der Waals surface area contributed by atoms with Crippen LogP contribution in [0.1, 0.15) is 5.56 Å². The number of fused-ring (bicyclic) bond motifs is 1. The lowest BCUT2D eigenvalue weighted by molar-refractivity contribution is -0.122. The Morgan fingerprint density at radius 1 is 1.06 bits per heavy atom. The van der Waals surface area contributed by atoms with Gasteiger partial charge in [0.2, 0.25) is 10.0 Å². The summed E-state index contributed by atoms with van der Waals surface area (Å²) in [4.78, 5) is 13.0. The van der Waals surface area contributed by atoms with E-state index in [1.54, 1.807) is 78.9 Å². The minimum absolute atomic E-state index is 0.126. The van der Waals surface area contributed by atoms with Crippen LogP contribution in [0.3, 0.4) is 0 Å². The van der Waals surface area contributed by atoms with Gasteiger partial charge in [-0.3, -0.25) is 9.10 Å². The number of nitrogens with zero attached hydrogens (tertiary/aromatic N) is 1. The van der Waals surface area contributed by atoms with Gasteiger partial charge in [0.25, 0.3) is 5.91 Å².